The highest BCUT2D eigenvalue weighted by Crippen LogP contribution is 2.49. The maximum Gasteiger partial charge on any atom is 0.226 e. The Morgan fingerprint density at radius 3 is 3.00 bits per heavy atom. The van der Waals surface area contributed by atoms with E-state index in [4.69, 9.17) is 0 Å². The van der Waals surface area contributed by atoms with E-state index in [0.717, 1.165) is 32.7 Å². The lowest BCUT2D eigenvalue weighted by molar-refractivity contribution is -0.117. The summed E-state index contributed by atoms with van der Waals surface area (Å²) >= 11 is 1.57. The predicted molar refractivity (Wildman–Crippen MR) is 86.5 cm³/mol. The highest BCUT2D eigenvalue weighted by Gasteiger charge is 2.40. The molecule has 2 fully saturated rings. The Bertz CT molecular complexity index is 693. The largest absolute Gasteiger partial charge is 0.302 e. The average Bonchev–Trinajstić information content (AvgIpc) is 3.13. The van der Waals surface area contributed by atoms with Crippen molar-refractivity contribution in [2.75, 3.05) is 5.32 Å². The van der Waals surface area contributed by atoms with E-state index < -0.39 is 0 Å². The molecule has 4 rings (SSSR count). The molecule has 3 nitrogen and oxygen atoms in total. The number of rotatable bonds is 3. The smallest absolute Gasteiger partial charge is 0.226 e. The average molecular weight is 300 g/mol. The van der Waals surface area contributed by atoms with Gasteiger partial charge in [-0.15, -0.1) is 0 Å². The number of amides is 1. The van der Waals surface area contributed by atoms with Gasteiger partial charge < -0.3 is 5.32 Å². The molecule has 0 aliphatic heterocycles. The van der Waals surface area contributed by atoms with E-state index in [0.29, 0.717) is 12.3 Å². The molecule has 0 unspecified atom stereocenters. The van der Waals surface area contributed by atoms with Crippen molar-refractivity contribution >= 4 is 32.6 Å². The SMILES string of the molecule is Cc1cccc2sc(NC(=O)C[C@H]3C[C@H]4CC[C@@H]3C4)nc12. The molecular formula is C17H20N2OS. The molecule has 4 heteroatoms. The molecule has 21 heavy (non-hydrogen) atoms. The fourth-order valence-corrected chi connectivity index (χ4v) is 5.13. The molecule has 2 bridgehead atoms. The van der Waals surface area contributed by atoms with E-state index in [2.05, 4.69) is 29.4 Å². The highest BCUT2D eigenvalue weighted by atomic mass is 32.1. The summed E-state index contributed by atoms with van der Waals surface area (Å²) in [7, 11) is 0. The number of nitrogens with zero attached hydrogens (tertiary/aromatic N) is 1. The zero-order valence-corrected chi connectivity index (χ0v) is 13.1. The second kappa shape index (κ2) is 5.09. The number of aryl methyl sites for hydroxylation is 1. The summed E-state index contributed by atoms with van der Waals surface area (Å²) in [6.45, 7) is 2.06. The number of carbonyl (C=O) groups excluding carboxylic acids is 1. The van der Waals surface area contributed by atoms with Crippen molar-refractivity contribution in [2.24, 2.45) is 17.8 Å². The molecule has 3 atom stereocenters. The van der Waals surface area contributed by atoms with Gasteiger partial charge in [-0.1, -0.05) is 29.9 Å². The van der Waals surface area contributed by atoms with Gasteiger partial charge in [0.05, 0.1) is 10.2 Å². The zero-order chi connectivity index (χ0) is 14.4. The normalized spacial score (nSPS) is 27.4. The molecule has 0 saturated heterocycles. The van der Waals surface area contributed by atoms with Crippen molar-refractivity contribution in [3.63, 3.8) is 0 Å². The van der Waals surface area contributed by atoms with E-state index in [1.165, 1.54) is 25.7 Å². The van der Waals surface area contributed by atoms with E-state index in [9.17, 15) is 4.79 Å². The monoisotopic (exact) mass is 300 g/mol. The van der Waals surface area contributed by atoms with Crippen LogP contribution < -0.4 is 5.32 Å². The van der Waals surface area contributed by atoms with Gasteiger partial charge in [0.25, 0.3) is 0 Å². The number of para-hydroxylation sites is 1. The standard InChI is InChI=1S/C17H20N2OS/c1-10-3-2-4-14-16(10)19-17(21-14)18-15(20)9-13-8-11-5-6-12(13)7-11/h2-4,11-13H,5-9H2,1H3,(H,18,19,20)/t11-,12+,13+/m0/s1. The summed E-state index contributed by atoms with van der Waals surface area (Å²) in [5.74, 6) is 2.46. The van der Waals surface area contributed by atoms with E-state index in [1.54, 1.807) is 11.3 Å². The van der Waals surface area contributed by atoms with Gasteiger partial charge in [0.15, 0.2) is 5.13 Å². The molecule has 1 amide bonds. The molecular weight excluding hydrogens is 280 g/mol. The van der Waals surface area contributed by atoms with Crippen LogP contribution in [0.3, 0.4) is 0 Å². The van der Waals surface area contributed by atoms with Gasteiger partial charge in [-0.2, -0.15) is 0 Å². The Morgan fingerprint density at radius 2 is 2.29 bits per heavy atom. The molecule has 110 valence electrons. The topological polar surface area (TPSA) is 42.0 Å². The molecule has 2 aliphatic rings. The number of hydrogen-bond donors (Lipinski definition) is 1. The van der Waals surface area contributed by atoms with Crippen LogP contribution in [0.2, 0.25) is 0 Å². The van der Waals surface area contributed by atoms with Gasteiger partial charge >= 0.3 is 0 Å². The summed E-state index contributed by atoms with van der Waals surface area (Å²) < 4.78 is 1.14. The van der Waals surface area contributed by atoms with Crippen molar-refractivity contribution in [3.8, 4) is 0 Å². The summed E-state index contributed by atoms with van der Waals surface area (Å²) in [6.07, 6.45) is 6.02. The van der Waals surface area contributed by atoms with Gasteiger partial charge in [0.1, 0.15) is 0 Å². The summed E-state index contributed by atoms with van der Waals surface area (Å²) in [5.41, 5.74) is 2.18. The third kappa shape index (κ3) is 2.46. The number of aromatic nitrogens is 1. The fourth-order valence-electron chi connectivity index (χ4n) is 4.17. The number of anilines is 1. The molecule has 2 aliphatic carbocycles. The minimum atomic E-state index is 0.143. The van der Waals surface area contributed by atoms with Crippen LogP contribution in [0.4, 0.5) is 5.13 Å². The molecule has 1 aromatic carbocycles. The Morgan fingerprint density at radius 1 is 1.38 bits per heavy atom. The Kier molecular flexibility index (Phi) is 3.21. The quantitative estimate of drug-likeness (QED) is 0.914. The van der Waals surface area contributed by atoms with Gasteiger partial charge in [-0.3, -0.25) is 4.79 Å². The molecule has 1 N–H and O–H groups in total. The third-order valence-electron chi connectivity index (χ3n) is 5.20. The first-order chi connectivity index (χ1) is 10.2. The third-order valence-corrected chi connectivity index (χ3v) is 6.14. The number of hydrogen-bond acceptors (Lipinski definition) is 3. The Balaban J connectivity index is 1.44. The van der Waals surface area contributed by atoms with Crippen LogP contribution in [-0.2, 0) is 4.79 Å². The molecule has 2 aromatic rings. The predicted octanol–water partition coefficient (Wildman–Crippen LogP) is 4.37. The van der Waals surface area contributed by atoms with E-state index in [-0.39, 0.29) is 5.91 Å². The summed E-state index contributed by atoms with van der Waals surface area (Å²) in [4.78, 5) is 16.8. The van der Waals surface area contributed by atoms with Crippen LogP contribution in [0.1, 0.15) is 37.7 Å². The van der Waals surface area contributed by atoms with Crippen LogP contribution in [0.5, 0.6) is 0 Å². The minimum Gasteiger partial charge on any atom is -0.302 e. The second-order valence-corrected chi connectivity index (χ2v) is 7.66. The maximum absolute atomic E-state index is 12.3. The van der Waals surface area contributed by atoms with Gasteiger partial charge in [0.2, 0.25) is 5.91 Å². The van der Waals surface area contributed by atoms with Crippen LogP contribution >= 0.6 is 11.3 Å². The van der Waals surface area contributed by atoms with Crippen molar-refractivity contribution in [2.45, 2.75) is 39.0 Å². The maximum atomic E-state index is 12.3. The molecule has 0 spiro atoms. The minimum absolute atomic E-state index is 0.143. The Labute approximate surface area is 128 Å². The van der Waals surface area contributed by atoms with Crippen LogP contribution in [0.15, 0.2) is 18.2 Å². The van der Waals surface area contributed by atoms with Crippen molar-refractivity contribution < 1.29 is 4.79 Å². The van der Waals surface area contributed by atoms with Gasteiger partial charge in [-0.05, 0) is 55.6 Å². The summed E-state index contributed by atoms with van der Waals surface area (Å²) in [5, 5.41) is 3.76. The van der Waals surface area contributed by atoms with Crippen molar-refractivity contribution in [3.05, 3.63) is 23.8 Å². The van der Waals surface area contributed by atoms with Gasteiger partial charge in [0, 0.05) is 6.42 Å². The lowest BCUT2D eigenvalue weighted by atomic mass is 9.86. The first-order valence-electron chi connectivity index (χ1n) is 7.85. The number of carbonyl (C=O) groups is 1. The molecule has 2 saturated carbocycles. The van der Waals surface area contributed by atoms with E-state index >= 15 is 0 Å². The summed E-state index contributed by atoms with van der Waals surface area (Å²) in [6, 6.07) is 6.16. The van der Waals surface area contributed by atoms with Crippen LogP contribution in [-0.4, -0.2) is 10.9 Å². The first-order valence-corrected chi connectivity index (χ1v) is 8.66. The number of benzene rings is 1. The fraction of sp³-hybridized carbons (Fsp3) is 0.529. The lowest BCUT2D eigenvalue weighted by Gasteiger charge is -2.20. The van der Waals surface area contributed by atoms with E-state index in [1.807, 2.05) is 6.07 Å². The van der Waals surface area contributed by atoms with Crippen LogP contribution in [0.25, 0.3) is 10.2 Å². The number of thiazole rings is 1. The number of fused-ring (bicyclic) bond motifs is 3. The molecule has 1 heterocycles. The number of nitrogens with one attached hydrogen (secondary N) is 1. The van der Waals surface area contributed by atoms with Crippen LogP contribution in [0, 0.1) is 24.7 Å². The van der Waals surface area contributed by atoms with Gasteiger partial charge in [-0.25, -0.2) is 4.98 Å². The molecule has 1 aromatic heterocycles. The molecule has 0 radical (unpaired) electrons. The van der Waals surface area contributed by atoms with Crippen molar-refractivity contribution in [1.29, 1.82) is 0 Å². The van der Waals surface area contributed by atoms with Crippen molar-refractivity contribution in [1.82, 2.24) is 4.98 Å². The first kappa shape index (κ1) is 13.3. The highest BCUT2D eigenvalue weighted by molar-refractivity contribution is 7.22. The zero-order valence-electron chi connectivity index (χ0n) is 12.3. The Hall–Kier alpha value is -1.42. The second-order valence-electron chi connectivity index (χ2n) is 6.63. The lowest BCUT2D eigenvalue weighted by Crippen LogP contribution is -2.20.